The molecule has 0 aliphatic rings. The molecule has 2 N–H and O–H groups in total. The Balaban J connectivity index is 0.000000400. The Kier molecular flexibility index (Phi) is 25.4. The average molecular weight is 879 g/mol. The third kappa shape index (κ3) is 19.6. The van der Waals surface area contributed by atoms with Gasteiger partial charge in [-0.3, -0.25) is 4.55 Å². The number of ether oxygens (including phenoxy) is 2. The molecule has 0 bridgehead atoms. The molecule has 320 valence electrons. The van der Waals surface area contributed by atoms with Gasteiger partial charge in [0.05, 0.1) is 4.90 Å². The summed E-state index contributed by atoms with van der Waals surface area (Å²) in [5.41, 5.74) is 0.667. The van der Waals surface area contributed by atoms with E-state index in [-0.39, 0.29) is 71.2 Å². The summed E-state index contributed by atoms with van der Waals surface area (Å²) in [6.45, 7) is 4.41. The summed E-state index contributed by atoms with van der Waals surface area (Å²) in [4.78, 5) is -0.808. The van der Waals surface area contributed by atoms with E-state index in [1.165, 1.54) is 82.8 Å². The van der Waals surface area contributed by atoms with Crippen molar-refractivity contribution >= 4 is 58.0 Å². The number of phenolic OH excluding ortho intramolecular Hbond substituents is 1. The van der Waals surface area contributed by atoms with Gasteiger partial charge >= 0.3 is 37.7 Å². The molecule has 4 rings (SSSR count). The first kappa shape index (κ1) is 52.3. The van der Waals surface area contributed by atoms with Crippen LogP contribution in [0.3, 0.4) is 0 Å². The number of aromatic hydroxyl groups is 1. The number of benzene rings is 4. The van der Waals surface area contributed by atoms with Crippen molar-refractivity contribution in [3.8, 4) is 34.5 Å². The van der Waals surface area contributed by atoms with E-state index in [0.717, 1.165) is 57.1 Å². The van der Waals surface area contributed by atoms with Gasteiger partial charge in [0, 0.05) is 5.56 Å². The van der Waals surface area contributed by atoms with Crippen LogP contribution in [0.2, 0.25) is 0 Å². The zero-order chi connectivity index (χ0) is 42.2. The molecule has 0 aliphatic heterocycles. The van der Waals surface area contributed by atoms with E-state index in [9.17, 15) is 36.2 Å². The van der Waals surface area contributed by atoms with E-state index < -0.39 is 25.1 Å². The molecule has 4 aromatic carbocycles. The SMILES string of the molecule is CCCCCCCCCCCc1c(O)ccc(S(=O)(=O)O)c1Oc1ccccc1.CCCCCCCCCCCc1c([O-])ccc(S(=O)(=O)[O-])c1Oc1ccccc1.[Ca+2]. The maximum absolute atomic E-state index is 12.4. The van der Waals surface area contributed by atoms with Crippen LogP contribution < -0.4 is 14.6 Å². The Morgan fingerprint density at radius 2 is 0.881 bits per heavy atom. The van der Waals surface area contributed by atoms with Crippen molar-refractivity contribution in [2.45, 2.75) is 152 Å². The number of para-hydroxylation sites is 2. The number of hydrogen-bond acceptors (Lipinski definition) is 9. The minimum Gasteiger partial charge on any atom is -0.872 e. The summed E-state index contributed by atoms with van der Waals surface area (Å²) in [5, 5.41) is 22.7. The fourth-order valence-electron chi connectivity index (χ4n) is 6.72. The standard InChI is InChI=1S/2C23H32O5S.Ca/c2*1-2-3-4-5-6-7-8-9-13-16-20-21(24)17-18-22(29(25,26)27)23(20)28-19-14-11-10-12-15-19;/h2*10-12,14-15,17-18,24H,2-9,13,16H2,1H3,(H,25,26,27);/q;;+2/p-2. The molecule has 0 fully saturated rings. The number of hydrogen-bond donors (Lipinski definition) is 2. The minimum absolute atomic E-state index is 0. The third-order valence-corrected chi connectivity index (χ3v) is 11.7. The Bertz CT molecular complexity index is 1850. The van der Waals surface area contributed by atoms with Crippen LogP contribution in [-0.2, 0) is 33.1 Å². The van der Waals surface area contributed by atoms with Gasteiger partial charge in [-0.15, -0.1) is 5.75 Å². The van der Waals surface area contributed by atoms with Gasteiger partial charge in [0.25, 0.3) is 10.1 Å². The largest absolute Gasteiger partial charge is 2.00 e. The van der Waals surface area contributed by atoms with Crippen molar-refractivity contribution < 1.29 is 45.6 Å². The Morgan fingerprint density at radius 1 is 0.508 bits per heavy atom. The van der Waals surface area contributed by atoms with Gasteiger partial charge in [-0.05, 0) is 73.7 Å². The topological polar surface area (TPSA) is 173 Å². The zero-order valence-electron chi connectivity index (χ0n) is 34.9. The van der Waals surface area contributed by atoms with Crippen LogP contribution in [-0.4, -0.2) is 68.8 Å². The molecule has 4 aromatic rings. The minimum atomic E-state index is -4.76. The first-order valence-electron chi connectivity index (χ1n) is 20.9. The molecule has 0 amide bonds. The number of unbranched alkanes of at least 4 members (excludes halogenated alkanes) is 16. The normalized spacial score (nSPS) is 11.3. The molecule has 0 aliphatic carbocycles. The van der Waals surface area contributed by atoms with E-state index in [4.69, 9.17) is 9.47 Å². The quantitative estimate of drug-likeness (QED) is 0.0351. The molecule has 0 atom stereocenters. The second-order valence-electron chi connectivity index (χ2n) is 14.7. The zero-order valence-corrected chi connectivity index (χ0v) is 38.8. The van der Waals surface area contributed by atoms with Crippen LogP contribution in [0.1, 0.15) is 141 Å². The molecular weight excluding hydrogens is 817 g/mol. The maximum atomic E-state index is 12.4. The van der Waals surface area contributed by atoms with Gasteiger partial charge in [0.15, 0.2) is 5.75 Å². The van der Waals surface area contributed by atoms with Crippen LogP contribution >= 0.6 is 0 Å². The molecule has 0 radical (unpaired) electrons. The van der Waals surface area contributed by atoms with Gasteiger partial charge in [-0.25, -0.2) is 8.42 Å². The summed E-state index contributed by atoms with van der Waals surface area (Å²) in [5.74, 6) is 0.370. The fraction of sp³-hybridized carbons (Fsp3) is 0.478. The second kappa shape index (κ2) is 28.6. The predicted molar refractivity (Wildman–Crippen MR) is 232 cm³/mol. The van der Waals surface area contributed by atoms with Gasteiger partial charge in [0.2, 0.25) is 0 Å². The van der Waals surface area contributed by atoms with Crippen LogP contribution in [0.25, 0.3) is 0 Å². The van der Waals surface area contributed by atoms with E-state index in [2.05, 4.69) is 13.8 Å². The smallest absolute Gasteiger partial charge is 0.872 e. The molecular formula is C46H62CaO10S2. The van der Waals surface area contributed by atoms with Gasteiger partial charge in [0.1, 0.15) is 38.0 Å². The van der Waals surface area contributed by atoms with Crippen molar-refractivity contribution in [3.05, 3.63) is 96.1 Å². The molecule has 0 unspecified atom stereocenters. The monoisotopic (exact) mass is 878 g/mol. The second-order valence-corrected chi connectivity index (χ2v) is 17.4. The molecule has 0 saturated heterocycles. The average Bonchev–Trinajstić information content (AvgIpc) is 3.18. The van der Waals surface area contributed by atoms with Gasteiger partial charge in [-0.2, -0.15) is 8.42 Å². The Hall–Kier alpha value is -2.84. The number of phenols is 1. The molecule has 10 nitrogen and oxygen atoms in total. The van der Waals surface area contributed by atoms with Crippen LogP contribution in [0.5, 0.6) is 34.5 Å². The van der Waals surface area contributed by atoms with Crippen LogP contribution in [0.15, 0.2) is 94.7 Å². The molecule has 59 heavy (non-hydrogen) atoms. The van der Waals surface area contributed by atoms with Crippen LogP contribution in [0.4, 0.5) is 0 Å². The fourth-order valence-corrected chi connectivity index (χ4v) is 7.99. The maximum Gasteiger partial charge on any atom is 2.00 e. The first-order chi connectivity index (χ1) is 27.9. The summed E-state index contributed by atoms with van der Waals surface area (Å²) in [6.07, 6.45) is 21.6. The predicted octanol–water partition coefficient (Wildman–Crippen LogP) is 11.7. The molecule has 0 spiro atoms. The molecule has 0 saturated carbocycles. The van der Waals surface area contributed by atoms with Crippen LogP contribution in [0, 0.1) is 0 Å². The molecule has 13 heteroatoms. The third-order valence-electron chi connectivity index (χ3n) is 9.92. The van der Waals surface area contributed by atoms with E-state index >= 15 is 0 Å². The van der Waals surface area contributed by atoms with E-state index in [1.54, 1.807) is 54.6 Å². The first-order valence-corrected chi connectivity index (χ1v) is 23.8. The van der Waals surface area contributed by atoms with Crippen molar-refractivity contribution in [2.24, 2.45) is 0 Å². The Morgan fingerprint density at radius 3 is 1.29 bits per heavy atom. The van der Waals surface area contributed by atoms with E-state index in [1.807, 2.05) is 6.07 Å². The summed E-state index contributed by atoms with van der Waals surface area (Å²) < 4.78 is 79.8. The van der Waals surface area contributed by atoms with Gasteiger partial charge < -0.3 is 24.2 Å². The molecule has 0 aromatic heterocycles. The van der Waals surface area contributed by atoms with E-state index in [0.29, 0.717) is 29.9 Å². The van der Waals surface area contributed by atoms with Gasteiger partial charge in [-0.1, -0.05) is 159 Å². The number of rotatable bonds is 26. The van der Waals surface area contributed by atoms with Crippen molar-refractivity contribution in [1.82, 2.24) is 0 Å². The van der Waals surface area contributed by atoms with Crippen molar-refractivity contribution in [2.75, 3.05) is 0 Å². The summed E-state index contributed by atoms with van der Waals surface area (Å²) in [7, 11) is -9.24. The summed E-state index contributed by atoms with van der Waals surface area (Å²) in [6, 6.07) is 22.0. The van der Waals surface area contributed by atoms with Crippen molar-refractivity contribution in [3.63, 3.8) is 0 Å². The van der Waals surface area contributed by atoms with Crippen molar-refractivity contribution in [1.29, 1.82) is 0 Å². The summed E-state index contributed by atoms with van der Waals surface area (Å²) >= 11 is 0. The Labute approximate surface area is 383 Å². The molecule has 0 heterocycles.